The lowest BCUT2D eigenvalue weighted by Crippen LogP contribution is -2.27. The molecule has 0 saturated carbocycles. The second-order valence-electron chi connectivity index (χ2n) is 8.75. The van der Waals surface area contributed by atoms with Crippen molar-refractivity contribution in [2.24, 2.45) is 4.99 Å². The minimum absolute atomic E-state index is 0.614. The fraction of sp³-hybridized carbons (Fsp3) is 0.500. The summed E-state index contributed by atoms with van der Waals surface area (Å²) < 4.78 is 0. The third-order valence-electron chi connectivity index (χ3n) is 5.90. The highest BCUT2D eigenvalue weighted by Gasteiger charge is 2.13. The van der Waals surface area contributed by atoms with Crippen molar-refractivity contribution >= 4 is 29.2 Å². The molecule has 30 heavy (non-hydrogen) atoms. The predicted octanol–water partition coefficient (Wildman–Crippen LogP) is 5.63. The third-order valence-corrected chi connectivity index (χ3v) is 7.00. The van der Waals surface area contributed by atoms with Gasteiger partial charge < -0.3 is 9.80 Å². The largest absolute Gasteiger partial charge is 0.378 e. The number of unbranched alkanes of at least 4 members (excludes halogenated alkanes) is 4. The SMILES string of the molecule is CCCCCCCC(CC=c1ccc2c(c1)Sc1cc(N(C)C)ccc1N=2)N(C)C. The van der Waals surface area contributed by atoms with E-state index in [2.05, 4.69) is 87.4 Å². The lowest BCUT2D eigenvalue weighted by molar-refractivity contribution is 0.277. The lowest BCUT2D eigenvalue weighted by Gasteiger charge is -2.23. The Morgan fingerprint density at radius 2 is 1.73 bits per heavy atom. The summed E-state index contributed by atoms with van der Waals surface area (Å²) in [5.41, 5.74) is 2.29. The van der Waals surface area contributed by atoms with Gasteiger partial charge in [-0.15, -0.1) is 0 Å². The van der Waals surface area contributed by atoms with E-state index < -0.39 is 0 Å². The van der Waals surface area contributed by atoms with E-state index >= 15 is 0 Å². The fourth-order valence-corrected chi connectivity index (χ4v) is 4.93. The van der Waals surface area contributed by atoms with Crippen molar-refractivity contribution in [1.29, 1.82) is 0 Å². The van der Waals surface area contributed by atoms with E-state index in [1.807, 2.05) is 11.8 Å². The van der Waals surface area contributed by atoms with Crippen LogP contribution in [0, 0.1) is 0 Å². The highest BCUT2D eigenvalue weighted by atomic mass is 32.2. The number of hydrogen-bond donors (Lipinski definition) is 0. The van der Waals surface area contributed by atoms with Crippen LogP contribution < -0.4 is 15.5 Å². The summed E-state index contributed by atoms with van der Waals surface area (Å²) in [4.78, 5) is 11.9. The summed E-state index contributed by atoms with van der Waals surface area (Å²) in [5, 5.41) is 2.39. The van der Waals surface area contributed by atoms with Crippen molar-refractivity contribution in [2.75, 3.05) is 33.1 Å². The molecule has 3 nitrogen and oxygen atoms in total. The Hall–Kier alpha value is -1.78. The maximum atomic E-state index is 4.88. The third kappa shape index (κ3) is 6.12. The van der Waals surface area contributed by atoms with Gasteiger partial charge in [0.2, 0.25) is 0 Å². The van der Waals surface area contributed by atoms with E-state index in [0.717, 1.165) is 17.5 Å². The molecule has 1 unspecified atom stereocenters. The maximum Gasteiger partial charge on any atom is 0.0778 e. The van der Waals surface area contributed by atoms with Crippen LogP contribution >= 0.6 is 11.8 Å². The molecule has 2 aromatic rings. The molecule has 0 N–H and O–H groups in total. The Balaban J connectivity index is 1.71. The average Bonchev–Trinajstić information content (AvgIpc) is 2.73. The average molecular weight is 424 g/mol. The van der Waals surface area contributed by atoms with Crippen LogP contribution in [-0.2, 0) is 0 Å². The highest BCUT2D eigenvalue weighted by Crippen LogP contribution is 2.38. The summed E-state index contributed by atoms with van der Waals surface area (Å²) >= 11 is 1.84. The first kappa shape index (κ1) is 22.9. The van der Waals surface area contributed by atoms with Gasteiger partial charge in [-0.25, -0.2) is 4.99 Å². The lowest BCUT2D eigenvalue weighted by atomic mass is 10.0. The van der Waals surface area contributed by atoms with Gasteiger partial charge in [0.15, 0.2) is 0 Å². The van der Waals surface area contributed by atoms with Crippen LogP contribution in [0.3, 0.4) is 0 Å². The summed E-state index contributed by atoms with van der Waals surface area (Å²) in [6.07, 6.45) is 11.5. The van der Waals surface area contributed by atoms with Crippen molar-refractivity contribution in [3.8, 4) is 0 Å². The zero-order chi connectivity index (χ0) is 21.5. The molecule has 3 rings (SSSR count). The van der Waals surface area contributed by atoms with E-state index in [1.165, 1.54) is 59.2 Å². The second kappa shape index (κ2) is 11.0. The molecule has 2 aromatic carbocycles. The molecule has 4 heteroatoms. The molecule has 0 aliphatic carbocycles. The topological polar surface area (TPSA) is 18.8 Å². The molecule has 1 heterocycles. The summed E-state index contributed by atoms with van der Waals surface area (Å²) in [5.74, 6) is 0. The van der Waals surface area contributed by atoms with E-state index in [-0.39, 0.29) is 0 Å². The van der Waals surface area contributed by atoms with E-state index in [1.54, 1.807) is 0 Å². The molecule has 0 radical (unpaired) electrons. The first-order valence-electron chi connectivity index (χ1n) is 11.3. The first-order valence-corrected chi connectivity index (χ1v) is 12.1. The molecule has 0 aromatic heterocycles. The Morgan fingerprint density at radius 1 is 0.933 bits per heavy atom. The number of nitrogens with zero attached hydrogens (tertiary/aromatic N) is 3. The van der Waals surface area contributed by atoms with E-state index in [4.69, 9.17) is 4.99 Å². The normalized spacial score (nSPS) is 14.3. The minimum atomic E-state index is 0.614. The minimum Gasteiger partial charge on any atom is -0.378 e. The monoisotopic (exact) mass is 423 g/mol. The molecule has 0 amide bonds. The summed E-state index contributed by atoms with van der Waals surface area (Å²) in [7, 11) is 8.59. The number of benzene rings is 2. The number of fused-ring (bicyclic) bond motifs is 2. The standard InChI is InChI=1S/C26H37N3S/c1-6-7-8-9-10-11-21(28(2)3)14-12-20-13-16-23-25(18-20)30-26-19-22(29(4)5)15-17-24(26)27-23/h12-13,15-19,21H,6-11,14H2,1-5H3. The molecular weight excluding hydrogens is 386 g/mol. The fourth-order valence-electron chi connectivity index (χ4n) is 3.88. The van der Waals surface area contributed by atoms with Crippen molar-refractivity contribution < 1.29 is 0 Å². The van der Waals surface area contributed by atoms with Crippen molar-refractivity contribution in [2.45, 2.75) is 67.7 Å². The molecular formula is C26H37N3S. The van der Waals surface area contributed by atoms with E-state index in [9.17, 15) is 0 Å². The van der Waals surface area contributed by atoms with Gasteiger partial charge >= 0.3 is 0 Å². The van der Waals surface area contributed by atoms with Crippen LogP contribution in [0.2, 0.25) is 0 Å². The van der Waals surface area contributed by atoms with Crippen LogP contribution in [0.15, 0.2) is 51.2 Å². The first-order chi connectivity index (χ1) is 14.5. The van der Waals surface area contributed by atoms with Gasteiger partial charge in [0, 0.05) is 35.6 Å². The molecule has 1 aliphatic rings. The Morgan fingerprint density at radius 3 is 2.47 bits per heavy atom. The zero-order valence-electron chi connectivity index (χ0n) is 19.3. The van der Waals surface area contributed by atoms with Crippen LogP contribution in [-0.4, -0.2) is 39.1 Å². The Labute approximate surface area is 186 Å². The van der Waals surface area contributed by atoms with Crippen molar-refractivity contribution in [3.63, 3.8) is 0 Å². The molecule has 162 valence electrons. The molecule has 0 saturated heterocycles. The number of rotatable bonds is 10. The van der Waals surface area contributed by atoms with Gasteiger partial charge in [-0.1, -0.05) is 62.9 Å². The van der Waals surface area contributed by atoms with Crippen molar-refractivity contribution in [1.82, 2.24) is 4.90 Å². The van der Waals surface area contributed by atoms with Gasteiger partial charge in [-0.05, 0) is 62.5 Å². The summed E-state index contributed by atoms with van der Waals surface area (Å²) in [6.45, 7) is 2.28. The van der Waals surface area contributed by atoms with Crippen LogP contribution in [0.4, 0.5) is 11.4 Å². The number of anilines is 1. The van der Waals surface area contributed by atoms with E-state index in [0.29, 0.717) is 6.04 Å². The highest BCUT2D eigenvalue weighted by molar-refractivity contribution is 7.99. The van der Waals surface area contributed by atoms with Gasteiger partial charge in [0.1, 0.15) is 0 Å². The Kier molecular flexibility index (Phi) is 8.41. The quantitative estimate of drug-likeness (QED) is 0.394. The molecule has 0 bridgehead atoms. The smallest absolute Gasteiger partial charge is 0.0778 e. The second-order valence-corrected chi connectivity index (χ2v) is 9.83. The molecule has 1 aliphatic heterocycles. The van der Waals surface area contributed by atoms with Gasteiger partial charge in [0.05, 0.1) is 11.0 Å². The number of hydrogen-bond acceptors (Lipinski definition) is 4. The van der Waals surface area contributed by atoms with Gasteiger partial charge in [-0.2, -0.15) is 0 Å². The maximum absolute atomic E-state index is 4.88. The van der Waals surface area contributed by atoms with Crippen LogP contribution in [0.5, 0.6) is 0 Å². The zero-order valence-corrected chi connectivity index (χ0v) is 20.1. The summed E-state index contributed by atoms with van der Waals surface area (Å²) in [6, 6.07) is 13.8. The molecule has 0 spiro atoms. The molecule has 1 atom stereocenters. The Bertz CT molecular complexity index is 949. The van der Waals surface area contributed by atoms with Crippen LogP contribution in [0.1, 0.15) is 51.9 Å². The van der Waals surface area contributed by atoms with Gasteiger partial charge in [-0.3, -0.25) is 0 Å². The van der Waals surface area contributed by atoms with Crippen molar-refractivity contribution in [3.05, 3.63) is 47.0 Å². The van der Waals surface area contributed by atoms with Crippen LogP contribution in [0.25, 0.3) is 6.08 Å². The van der Waals surface area contributed by atoms with Gasteiger partial charge in [0.25, 0.3) is 0 Å². The molecule has 0 fully saturated rings. The predicted molar refractivity (Wildman–Crippen MR) is 132 cm³/mol.